The Balaban J connectivity index is 0.00000200. The number of benzene rings is 1. The van der Waals surface area contributed by atoms with Gasteiger partial charge in [0.05, 0.1) is 0 Å². The van der Waals surface area contributed by atoms with Gasteiger partial charge >= 0.3 is 0 Å². The predicted octanol–water partition coefficient (Wildman–Crippen LogP) is 1.78. The van der Waals surface area contributed by atoms with Crippen molar-refractivity contribution in [3.63, 3.8) is 0 Å². The molecule has 20 heavy (non-hydrogen) atoms. The van der Waals surface area contributed by atoms with Crippen molar-refractivity contribution in [2.45, 2.75) is 31.8 Å². The minimum atomic E-state index is -0.358. The highest BCUT2D eigenvalue weighted by Gasteiger charge is 2.16. The lowest BCUT2D eigenvalue weighted by molar-refractivity contribution is 0.1000. The molecule has 4 nitrogen and oxygen atoms in total. The lowest BCUT2D eigenvalue weighted by Crippen LogP contribution is -2.32. The van der Waals surface area contributed by atoms with E-state index >= 15 is 0 Å². The van der Waals surface area contributed by atoms with E-state index in [0.717, 1.165) is 25.2 Å². The molecular formula is C15H24ClN3O. The summed E-state index contributed by atoms with van der Waals surface area (Å²) in [5, 5.41) is 3.43. The SMILES string of the molecule is CN(Cc1cccc(C(N)=O)c1)C1CCCNCC1.Cl. The molecule has 1 heterocycles. The maximum Gasteiger partial charge on any atom is 0.248 e. The van der Waals surface area contributed by atoms with Gasteiger partial charge in [0.15, 0.2) is 0 Å². The average Bonchev–Trinajstić information content (AvgIpc) is 2.68. The van der Waals surface area contributed by atoms with Crippen molar-refractivity contribution in [2.75, 3.05) is 20.1 Å². The molecule has 1 aromatic rings. The predicted molar refractivity (Wildman–Crippen MR) is 84.2 cm³/mol. The topological polar surface area (TPSA) is 58.4 Å². The third-order valence-electron chi connectivity index (χ3n) is 3.81. The first-order chi connectivity index (χ1) is 9.16. The monoisotopic (exact) mass is 297 g/mol. The number of rotatable bonds is 4. The van der Waals surface area contributed by atoms with Gasteiger partial charge in [-0.05, 0) is 57.1 Å². The van der Waals surface area contributed by atoms with Gasteiger partial charge in [0.2, 0.25) is 5.91 Å². The van der Waals surface area contributed by atoms with Crippen LogP contribution >= 0.6 is 12.4 Å². The van der Waals surface area contributed by atoms with Crippen LogP contribution in [0.25, 0.3) is 0 Å². The van der Waals surface area contributed by atoms with Gasteiger partial charge in [-0.15, -0.1) is 12.4 Å². The molecule has 112 valence electrons. The Hall–Kier alpha value is -1.10. The maximum atomic E-state index is 11.2. The summed E-state index contributed by atoms with van der Waals surface area (Å²) in [6.07, 6.45) is 3.65. The van der Waals surface area contributed by atoms with Crippen LogP contribution in [0.1, 0.15) is 35.2 Å². The first-order valence-electron chi connectivity index (χ1n) is 6.96. The summed E-state index contributed by atoms with van der Waals surface area (Å²) in [6, 6.07) is 8.23. The molecule has 0 saturated carbocycles. The summed E-state index contributed by atoms with van der Waals surface area (Å²) in [7, 11) is 2.16. The number of nitrogens with one attached hydrogen (secondary N) is 1. The van der Waals surface area contributed by atoms with E-state index < -0.39 is 0 Å². The highest BCUT2D eigenvalue weighted by molar-refractivity contribution is 5.92. The van der Waals surface area contributed by atoms with Gasteiger partial charge in [-0.3, -0.25) is 9.69 Å². The number of halogens is 1. The number of nitrogens with two attached hydrogens (primary N) is 1. The van der Waals surface area contributed by atoms with Gasteiger partial charge in [-0.1, -0.05) is 12.1 Å². The van der Waals surface area contributed by atoms with Crippen LogP contribution in [-0.2, 0) is 6.54 Å². The van der Waals surface area contributed by atoms with E-state index in [1.54, 1.807) is 6.07 Å². The molecule has 0 aromatic heterocycles. The number of carbonyl (C=O) groups excluding carboxylic acids is 1. The Bertz CT molecular complexity index is 431. The lowest BCUT2D eigenvalue weighted by atomic mass is 10.1. The van der Waals surface area contributed by atoms with E-state index in [-0.39, 0.29) is 18.3 Å². The van der Waals surface area contributed by atoms with Crippen molar-refractivity contribution >= 4 is 18.3 Å². The van der Waals surface area contributed by atoms with Crippen LogP contribution in [0.5, 0.6) is 0 Å². The fraction of sp³-hybridized carbons (Fsp3) is 0.533. The van der Waals surface area contributed by atoms with Crippen LogP contribution in [0.4, 0.5) is 0 Å². The Morgan fingerprint density at radius 1 is 1.40 bits per heavy atom. The largest absolute Gasteiger partial charge is 0.366 e. The minimum absolute atomic E-state index is 0. The molecule has 1 fully saturated rings. The normalized spacial score (nSPS) is 19.2. The van der Waals surface area contributed by atoms with Crippen LogP contribution in [0.3, 0.4) is 0 Å². The number of hydrogen-bond acceptors (Lipinski definition) is 3. The van der Waals surface area contributed by atoms with Gasteiger partial charge in [-0.25, -0.2) is 0 Å². The molecule has 1 aliphatic rings. The van der Waals surface area contributed by atoms with Crippen LogP contribution in [0, 0.1) is 0 Å². The Morgan fingerprint density at radius 3 is 2.95 bits per heavy atom. The molecule has 1 aromatic carbocycles. The zero-order valence-corrected chi connectivity index (χ0v) is 12.8. The number of primary amides is 1. The highest BCUT2D eigenvalue weighted by Crippen LogP contribution is 2.15. The molecule has 1 saturated heterocycles. The molecule has 2 rings (SSSR count). The molecule has 5 heteroatoms. The van der Waals surface area contributed by atoms with E-state index in [1.165, 1.54) is 19.3 Å². The number of carbonyl (C=O) groups is 1. The molecule has 0 bridgehead atoms. The molecule has 0 radical (unpaired) electrons. The van der Waals surface area contributed by atoms with Crippen molar-refractivity contribution in [2.24, 2.45) is 5.73 Å². The second kappa shape index (κ2) is 8.25. The maximum absolute atomic E-state index is 11.2. The summed E-state index contributed by atoms with van der Waals surface area (Å²) >= 11 is 0. The van der Waals surface area contributed by atoms with Crippen LogP contribution in [-0.4, -0.2) is 37.0 Å². The first-order valence-corrected chi connectivity index (χ1v) is 6.96. The van der Waals surface area contributed by atoms with Gasteiger partial charge in [0, 0.05) is 18.2 Å². The van der Waals surface area contributed by atoms with E-state index in [4.69, 9.17) is 5.73 Å². The molecule has 1 aliphatic heterocycles. The molecule has 0 aliphatic carbocycles. The highest BCUT2D eigenvalue weighted by atomic mass is 35.5. The summed E-state index contributed by atoms with van der Waals surface area (Å²) in [5.74, 6) is -0.358. The quantitative estimate of drug-likeness (QED) is 0.891. The van der Waals surface area contributed by atoms with Gasteiger partial charge in [0.1, 0.15) is 0 Å². The van der Waals surface area contributed by atoms with Crippen molar-refractivity contribution < 1.29 is 4.79 Å². The summed E-state index contributed by atoms with van der Waals surface area (Å²) in [4.78, 5) is 13.6. The third kappa shape index (κ3) is 4.78. The Kier molecular flexibility index (Phi) is 6.99. The van der Waals surface area contributed by atoms with Crippen LogP contribution in [0.15, 0.2) is 24.3 Å². The third-order valence-corrected chi connectivity index (χ3v) is 3.81. The van der Waals surface area contributed by atoms with Crippen molar-refractivity contribution in [1.29, 1.82) is 0 Å². The summed E-state index contributed by atoms with van der Waals surface area (Å²) in [5.41, 5.74) is 7.06. The van der Waals surface area contributed by atoms with Gasteiger partial charge < -0.3 is 11.1 Å². The standard InChI is InChI=1S/C15H23N3O.ClH/c1-18(14-6-3-8-17-9-7-14)11-12-4-2-5-13(10-12)15(16)19;/h2,4-5,10,14,17H,3,6-9,11H2,1H3,(H2,16,19);1H. The van der Waals surface area contributed by atoms with E-state index in [0.29, 0.717) is 11.6 Å². The fourth-order valence-electron chi connectivity index (χ4n) is 2.68. The molecule has 0 spiro atoms. The van der Waals surface area contributed by atoms with E-state index in [9.17, 15) is 4.79 Å². The molecule has 1 atom stereocenters. The number of hydrogen-bond donors (Lipinski definition) is 2. The average molecular weight is 298 g/mol. The molecular weight excluding hydrogens is 274 g/mol. The van der Waals surface area contributed by atoms with E-state index in [1.807, 2.05) is 12.1 Å². The second-order valence-corrected chi connectivity index (χ2v) is 5.31. The van der Waals surface area contributed by atoms with E-state index in [2.05, 4.69) is 23.3 Å². The molecule has 1 amide bonds. The first kappa shape index (κ1) is 17.0. The van der Waals surface area contributed by atoms with Crippen LogP contribution in [0.2, 0.25) is 0 Å². The number of amides is 1. The van der Waals surface area contributed by atoms with Crippen molar-refractivity contribution in [1.82, 2.24) is 10.2 Å². The zero-order chi connectivity index (χ0) is 13.7. The minimum Gasteiger partial charge on any atom is -0.366 e. The zero-order valence-electron chi connectivity index (χ0n) is 12.0. The van der Waals surface area contributed by atoms with Crippen molar-refractivity contribution in [3.8, 4) is 0 Å². The van der Waals surface area contributed by atoms with Gasteiger partial charge in [0.25, 0.3) is 0 Å². The molecule has 3 N–H and O–H groups in total. The second-order valence-electron chi connectivity index (χ2n) is 5.31. The summed E-state index contributed by atoms with van der Waals surface area (Å²) in [6.45, 7) is 3.09. The smallest absolute Gasteiger partial charge is 0.248 e. The number of nitrogens with zero attached hydrogens (tertiary/aromatic N) is 1. The molecule has 1 unspecified atom stereocenters. The fourth-order valence-corrected chi connectivity index (χ4v) is 2.68. The Morgan fingerprint density at radius 2 is 2.20 bits per heavy atom. The lowest BCUT2D eigenvalue weighted by Gasteiger charge is -2.27. The van der Waals surface area contributed by atoms with Crippen LogP contribution < -0.4 is 11.1 Å². The Labute approximate surface area is 127 Å². The van der Waals surface area contributed by atoms with Gasteiger partial charge in [-0.2, -0.15) is 0 Å². The summed E-state index contributed by atoms with van der Waals surface area (Å²) < 4.78 is 0. The van der Waals surface area contributed by atoms with Crippen molar-refractivity contribution in [3.05, 3.63) is 35.4 Å².